The molecule has 1 aliphatic rings. The van der Waals surface area contributed by atoms with Crippen molar-refractivity contribution in [2.45, 2.75) is 38.2 Å². The molecule has 0 saturated heterocycles. The summed E-state index contributed by atoms with van der Waals surface area (Å²) in [6, 6.07) is 0. The van der Waals surface area contributed by atoms with Crippen molar-refractivity contribution in [3.05, 3.63) is 0 Å². The van der Waals surface area contributed by atoms with Gasteiger partial charge in [-0.15, -0.1) is 0 Å². The summed E-state index contributed by atoms with van der Waals surface area (Å²) in [6.45, 7) is 0.734. The third-order valence-electron chi connectivity index (χ3n) is 2.40. The average molecular weight is 186 g/mol. The minimum Gasteiger partial charge on any atom is -0.451 e. The van der Waals surface area contributed by atoms with E-state index in [0.29, 0.717) is 12.8 Å². The first kappa shape index (κ1) is 10.2. The van der Waals surface area contributed by atoms with Crippen molar-refractivity contribution in [1.29, 1.82) is 0 Å². The number of ketones is 1. The van der Waals surface area contributed by atoms with E-state index in [1.807, 2.05) is 0 Å². The van der Waals surface area contributed by atoms with Gasteiger partial charge in [0.05, 0.1) is 0 Å². The van der Waals surface area contributed by atoms with Crippen LogP contribution in [0, 0.1) is 0 Å². The van der Waals surface area contributed by atoms with Gasteiger partial charge in [-0.25, -0.2) is 0 Å². The highest BCUT2D eigenvalue weighted by Gasteiger charge is 2.43. The number of aliphatic hydroxyl groups is 1. The average Bonchev–Trinajstić information content (AvgIpc) is 2.51. The van der Waals surface area contributed by atoms with E-state index in [1.54, 1.807) is 0 Å². The molecule has 0 spiro atoms. The van der Waals surface area contributed by atoms with E-state index in [2.05, 4.69) is 0 Å². The number of carbonyl (C=O) groups excluding carboxylic acids is 2. The quantitative estimate of drug-likeness (QED) is 0.649. The summed E-state index contributed by atoms with van der Waals surface area (Å²) in [5.74, 6) is -0.830. The van der Waals surface area contributed by atoms with E-state index < -0.39 is 18.2 Å². The first-order chi connectivity index (χ1) is 6.10. The predicted octanol–water partition coefficient (Wildman–Crippen LogP) is 0.424. The lowest BCUT2D eigenvalue weighted by Gasteiger charge is -2.25. The van der Waals surface area contributed by atoms with Crippen molar-refractivity contribution in [3.8, 4) is 0 Å². The van der Waals surface area contributed by atoms with Gasteiger partial charge in [-0.1, -0.05) is 0 Å². The number of Topliss-reactive ketones (excluding diaryl/α,β-unsaturated/α-hetero) is 1. The van der Waals surface area contributed by atoms with E-state index in [9.17, 15) is 9.59 Å². The number of rotatable bonds is 3. The van der Waals surface area contributed by atoms with Crippen molar-refractivity contribution in [2.24, 2.45) is 0 Å². The van der Waals surface area contributed by atoms with Crippen molar-refractivity contribution >= 4 is 11.8 Å². The van der Waals surface area contributed by atoms with E-state index in [0.717, 1.165) is 12.8 Å². The van der Waals surface area contributed by atoms with Crippen LogP contribution in [-0.4, -0.2) is 29.1 Å². The second kappa shape index (κ2) is 3.87. The maximum atomic E-state index is 11.3. The summed E-state index contributed by atoms with van der Waals surface area (Å²) < 4.78 is 5.00. The monoisotopic (exact) mass is 186 g/mol. The number of esters is 1. The highest BCUT2D eigenvalue weighted by molar-refractivity contribution is 5.90. The largest absolute Gasteiger partial charge is 0.451 e. The summed E-state index contributed by atoms with van der Waals surface area (Å²) >= 11 is 0. The fraction of sp³-hybridized carbons (Fsp3) is 0.778. The molecule has 0 aromatic heterocycles. The highest BCUT2D eigenvalue weighted by Crippen LogP contribution is 2.34. The number of hydrogen-bond donors (Lipinski definition) is 1. The lowest BCUT2D eigenvalue weighted by Crippen LogP contribution is -2.42. The van der Waals surface area contributed by atoms with Crippen molar-refractivity contribution in [2.75, 3.05) is 6.61 Å². The molecule has 1 aliphatic carbocycles. The molecule has 0 unspecified atom stereocenters. The van der Waals surface area contributed by atoms with Gasteiger partial charge in [-0.05, 0) is 25.7 Å². The Morgan fingerprint density at radius 3 is 2.31 bits per heavy atom. The minimum absolute atomic E-state index is 0.375. The zero-order valence-electron chi connectivity index (χ0n) is 7.71. The molecule has 13 heavy (non-hydrogen) atoms. The van der Waals surface area contributed by atoms with Crippen LogP contribution < -0.4 is 0 Å². The Labute approximate surface area is 76.9 Å². The summed E-state index contributed by atoms with van der Waals surface area (Å²) in [4.78, 5) is 22.1. The Hall–Kier alpha value is -0.900. The van der Waals surface area contributed by atoms with Gasteiger partial charge in [0.2, 0.25) is 5.78 Å². The molecule has 0 aliphatic heterocycles. The summed E-state index contributed by atoms with van der Waals surface area (Å²) in [7, 11) is 0. The van der Waals surface area contributed by atoms with Crippen LogP contribution in [0.15, 0.2) is 0 Å². The molecule has 0 amide bonds. The minimum atomic E-state index is -1.01. The molecule has 1 rings (SSSR count). The van der Waals surface area contributed by atoms with Crippen LogP contribution in [0.1, 0.15) is 32.6 Å². The van der Waals surface area contributed by atoms with Crippen LogP contribution >= 0.6 is 0 Å². The molecule has 4 nitrogen and oxygen atoms in total. The van der Waals surface area contributed by atoms with E-state index >= 15 is 0 Å². The van der Waals surface area contributed by atoms with Gasteiger partial charge in [0.15, 0.2) is 5.60 Å². The molecular weight excluding hydrogens is 172 g/mol. The Bertz CT molecular complexity index is 216. The van der Waals surface area contributed by atoms with Gasteiger partial charge in [-0.2, -0.15) is 0 Å². The second-order valence-electron chi connectivity index (χ2n) is 3.38. The lowest BCUT2D eigenvalue weighted by molar-refractivity contribution is -0.166. The molecule has 1 fully saturated rings. The third kappa shape index (κ3) is 2.06. The Kier molecular flexibility index (Phi) is 3.03. The maximum absolute atomic E-state index is 11.3. The number of carbonyl (C=O) groups is 2. The van der Waals surface area contributed by atoms with Crippen LogP contribution in [0.4, 0.5) is 0 Å². The number of aliphatic hydroxyl groups excluding tert-OH is 1. The molecule has 1 saturated carbocycles. The molecule has 0 aromatic rings. The molecule has 0 aromatic carbocycles. The highest BCUT2D eigenvalue weighted by atomic mass is 16.6. The van der Waals surface area contributed by atoms with Crippen LogP contribution in [0.3, 0.4) is 0 Å². The van der Waals surface area contributed by atoms with Crippen LogP contribution in [0.5, 0.6) is 0 Å². The Morgan fingerprint density at radius 1 is 1.38 bits per heavy atom. The van der Waals surface area contributed by atoms with Crippen molar-refractivity contribution in [3.63, 3.8) is 0 Å². The molecule has 0 heterocycles. The summed E-state index contributed by atoms with van der Waals surface area (Å²) in [5.41, 5.74) is -1.01. The third-order valence-corrected chi connectivity index (χ3v) is 2.40. The van der Waals surface area contributed by atoms with Crippen LogP contribution in [0.2, 0.25) is 0 Å². The number of ether oxygens (including phenoxy) is 1. The predicted molar refractivity (Wildman–Crippen MR) is 45.1 cm³/mol. The second-order valence-corrected chi connectivity index (χ2v) is 3.38. The molecule has 74 valence electrons. The van der Waals surface area contributed by atoms with Gasteiger partial charge in [-0.3, -0.25) is 9.59 Å². The Morgan fingerprint density at radius 2 is 1.92 bits per heavy atom. The van der Waals surface area contributed by atoms with E-state index in [1.165, 1.54) is 6.92 Å². The first-order valence-corrected chi connectivity index (χ1v) is 4.44. The summed E-state index contributed by atoms with van der Waals surface area (Å²) in [6.07, 6.45) is 2.84. The van der Waals surface area contributed by atoms with E-state index in [-0.39, 0.29) is 5.78 Å². The standard InChI is InChI=1S/C9H14O4/c1-7(11)13-9(8(12)6-10)4-2-3-5-9/h10H,2-6H2,1H3. The maximum Gasteiger partial charge on any atom is 0.303 e. The van der Waals surface area contributed by atoms with Crippen LogP contribution in [-0.2, 0) is 14.3 Å². The fourth-order valence-electron chi connectivity index (χ4n) is 1.80. The summed E-state index contributed by atoms with van der Waals surface area (Å²) in [5, 5.41) is 8.73. The van der Waals surface area contributed by atoms with Gasteiger partial charge in [0.25, 0.3) is 0 Å². The SMILES string of the molecule is CC(=O)OC1(C(=O)CO)CCCC1. The van der Waals surface area contributed by atoms with Crippen molar-refractivity contribution < 1.29 is 19.4 Å². The lowest BCUT2D eigenvalue weighted by atomic mass is 9.96. The van der Waals surface area contributed by atoms with Crippen molar-refractivity contribution in [1.82, 2.24) is 0 Å². The smallest absolute Gasteiger partial charge is 0.303 e. The molecule has 4 heteroatoms. The topological polar surface area (TPSA) is 63.6 Å². The molecule has 0 atom stereocenters. The zero-order chi connectivity index (χ0) is 9.90. The van der Waals surface area contributed by atoms with Gasteiger partial charge < -0.3 is 9.84 Å². The molecule has 0 bridgehead atoms. The Balaban J connectivity index is 2.74. The molecule has 0 radical (unpaired) electrons. The normalized spacial score (nSPS) is 19.8. The van der Waals surface area contributed by atoms with Gasteiger partial charge in [0.1, 0.15) is 6.61 Å². The zero-order valence-corrected chi connectivity index (χ0v) is 7.71. The fourth-order valence-corrected chi connectivity index (χ4v) is 1.80. The first-order valence-electron chi connectivity index (χ1n) is 4.44. The van der Waals surface area contributed by atoms with Crippen LogP contribution in [0.25, 0.3) is 0 Å². The molecular formula is C9H14O4. The molecule has 1 N–H and O–H groups in total. The van der Waals surface area contributed by atoms with Gasteiger partial charge >= 0.3 is 5.97 Å². The van der Waals surface area contributed by atoms with Gasteiger partial charge in [0, 0.05) is 6.92 Å². The van der Waals surface area contributed by atoms with E-state index in [4.69, 9.17) is 9.84 Å². The number of hydrogen-bond acceptors (Lipinski definition) is 4.